The van der Waals surface area contributed by atoms with Crippen molar-refractivity contribution in [2.24, 2.45) is 5.14 Å². The van der Waals surface area contributed by atoms with E-state index in [4.69, 9.17) is 5.14 Å². The number of rotatable bonds is 4. The highest BCUT2D eigenvalue weighted by molar-refractivity contribution is 7.88. The fourth-order valence-corrected chi connectivity index (χ4v) is 2.44. The number of amides is 1. The van der Waals surface area contributed by atoms with Crippen LogP contribution in [-0.2, 0) is 15.8 Å². The van der Waals surface area contributed by atoms with E-state index >= 15 is 0 Å². The smallest absolute Gasteiger partial charge is 0.258 e. The number of sulfonamides is 1. The lowest BCUT2D eigenvalue weighted by atomic mass is 10.1. The van der Waals surface area contributed by atoms with Crippen molar-refractivity contribution in [1.82, 2.24) is 0 Å². The minimum absolute atomic E-state index is 0.312. The molecule has 0 aromatic heterocycles. The summed E-state index contributed by atoms with van der Waals surface area (Å²) in [5.74, 6) is -2.71. The van der Waals surface area contributed by atoms with Gasteiger partial charge in [-0.05, 0) is 35.9 Å². The van der Waals surface area contributed by atoms with Crippen molar-refractivity contribution in [3.05, 3.63) is 65.2 Å². The van der Waals surface area contributed by atoms with Gasteiger partial charge in [-0.3, -0.25) is 4.79 Å². The summed E-state index contributed by atoms with van der Waals surface area (Å²) in [4.78, 5) is 11.9. The number of carbonyl (C=O) groups excluding carboxylic acids is 1. The number of primary sulfonamides is 1. The lowest BCUT2D eigenvalue weighted by molar-refractivity contribution is 0.102. The predicted octanol–water partition coefficient (Wildman–Crippen LogP) is 2.01. The molecule has 0 saturated heterocycles. The molecule has 0 bridgehead atoms. The number of nitrogens with one attached hydrogen (secondary N) is 1. The molecule has 0 radical (unpaired) electrons. The second kappa shape index (κ2) is 6.20. The number of nitrogens with two attached hydrogens (primary N) is 1. The van der Waals surface area contributed by atoms with Crippen LogP contribution in [-0.4, -0.2) is 14.3 Å². The van der Waals surface area contributed by atoms with Crippen LogP contribution >= 0.6 is 0 Å². The van der Waals surface area contributed by atoms with Gasteiger partial charge in [0.05, 0.1) is 11.3 Å². The molecule has 1 amide bonds. The Hall–Kier alpha value is -2.32. The zero-order valence-electron chi connectivity index (χ0n) is 11.2. The second-order valence-electron chi connectivity index (χ2n) is 4.58. The molecule has 0 saturated carbocycles. The van der Waals surface area contributed by atoms with Gasteiger partial charge >= 0.3 is 0 Å². The molecule has 2 rings (SSSR count). The summed E-state index contributed by atoms with van der Waals surface area (Å²) < 4.78 is 48.4. The van der Waals surface area contributed by atoms with Gasteiger partial charge in [-0.2, -0.15) is 0 Å². The first kappa shape index (κ1) is 16.1. The summed E-state index contributed by atoms with van der Waals surface area (Å²) in [5.41, 5.74) is 0.331. The largest absolute Gasteiger partial charge is 0.322 e. The first-order valence-electron chi connectivity index (χ1n) is 6.10. The zero-order chi connectivity index (χ0) is 16.3. The topological polar surface area (TPSA) is 89.3 Å². The Labute approximate surface area is 125 Å². The maximum absolute atomic E-state index is 13.5. The van der Waals surface area contributed by atoms with Crippen molar-refractivity contribution in [2.75, 3.05) is 5.32 Å². The van der Waals surface area contributed by atoms with E-state index in [1.54, 1.807) is 0 Å². The molecule has 2 aromatic rings. The fraction of sp³-hybridized carbons (Fsp3) is 0.0714. The molecular weight excluding hydrogens is 314 g/mol. The number of halogens is 2. The van der Waals surface area contributed by atoms with Gasteiger partial charge in [0.15, 0.2) is 0 Å². The van der Waals surface area contributed by atoms with Crippen LogP contribution < -0.4 is 10.5 Å². The molecule has 0 atom stereocenters. The van der Waals surface area contributed by atoms with Crippen molar-refractivity contribution >= 4 is 21.6 Å². The van der Waals surface area contributed by atoms with Crippen LogP contribution in [0.25, 0.3) is 0 Å². The highest BCUT2D eigenvalue weighted by Crippen LogP contribution is 2.15. The van der Waals surface area contributed by atoms with Crippen molar-refractivity contribution in [1.29, 1.82) is 0 Å². The summed E-state index contributed by atoms with van der Waals surface area (Å²) in [6, 6.07) is 8.36. The van der Waals surface area contributed by atoms with Crippen LogP contribution in [0.1, 0.15) is 15.9 Å². The number of benzene rings is 2. The normalized spacial score (nSPS) is 11.2. The van der Waals surface area contributed by atoms with E-state index in [-0.39, 0.29) is 5.75 Å². The third kappa shape index (κ3) is 4.34. The molecule has 116 valence electrons. The maximum atomic E-state index is 13.5. The summed E-state index contributed by atoms with van der Waals surface area (Å²) in [6.07, 6.45) is 0. The van der Waals surface area contributed by atoms with Crippen molar-refractivity contribution < 1.29 is 22.0 Å². The lowest BCUT2D eigenvalue weighted by Crippen LogP contribution is -2.15. The predicted molar refractivity (Wildman–Crippen MR) is 77.6 cm³/mol. The maximum Gasteiger partial charge on any atom is 0.258 e. The molecular formula is C14H12F2N2O3S. The molecule has 0 aliphatic carbocycles. The number of hydrogen-bond donors (Lipinski definition) is 2. The molecule has 0 aliphatic rings. The minimum atomic E-state index is -3.65. The SMILES string of the molecule is NS(=O)(=O)Cc1ccc(NC(=O)c2cc(F)ccc2F)cc1. The number of hydrogen-bond acceptors (Lipinski definition) is 3. The Balaban J connectivity index is 2.14. The summed E-state index contributed by atoms with van der Waals surface area (Å²) in [7, 11) is -3.65. The van der Waals surface area contributed by atoms with Gasteiger partial charge in [0.2, 0.25) is 10.0 Å². The molecule has 0 unspecified atom stereocenters. The quantitative estimate of drug-likeness (QED) is 0.900. The van der Waals surface area contributed by atoms with E-state index in [9.17, 15) is 22.0 Å². The second-order valence-corrected chi connectivity index (χ2v) is 6.20. The van der Waals surface area contributed by atoms with E-state index in [0.717, 1.165) is 18.2 Å². The Morgan fingerprint density at radius 3 is 2.32 bits per heavy atom. The number of anilines is 1. The van der Waals surface area contributed by atoms with Crippen LogP contribution in [0.15, 0.2) is 42.5 Å². The molecule has 8 heteroatoms. The lowest BCUT2D eigenvalue weighted by Gasteiger charge is -2.07. The van der Waals surface area contributed by atoms with Gasteiger partial charge < -0.3 is 5.32 Å². The van der Waals surface area contributed by atoms with Crippen LogP contribution in [0.3, 0.4) is 0 Å². The highest BCUT2D eigenvalue weighted by Gasteiger charge is 2.13. The Kier molecular flexibility index (Phi) is 4.53. The Morgan fingerprint density at radius 1 is 1.09 bits per heavy atom. The zero-order valence-corrected chi connectivity index (χ0v) is 12.0. The molecule has 0 aliphatic heterocycles. The summed E-state index contributed by atoms with van der Waals surface area (Å²) in [5, 5.41) is 7.31. The standard InChI is InChI=1S/C14H12F2N2O3S/c15-10-3-6-13(16)12(7-10)14(19)18-11-4-1-9(2-5-11)8-22(17,20)21/h1-7H,8H2,(H,18,19)(H2,17,20,21). The molecule has 0 heterocycles. The molecule has 5 nitrogen and oxygen atoms in total. The van der Waals surface area contributed by atoms with E-state index < -0.39 is 33.1 Å². The Bertz CT molecular complexity index is 805. The van der Waals surface area contributed by atoms with Gasteiger partial charge in [0, 0.05) is 5.69 Å². The first-order valence-corrected chi connectivity index (χ1v) is 7.82. The average molecular weight is 326 g/mol. The van der Waals surface area contributed by atoms with Gasteiger partial charge in [-0.1, -0.05) is 12.1 Å². The van der Waals surface area contributed by atoms with Crippen LogP contribution in [0.4, 0.5) is 14.5 Å². The van der Waals surface area contributed by atoms with Crippen molar-refractivity contribution in [3.8, 4) is 0 Å². The molecule has 2 aromatic carbocycles. The van der Waals surface area contributed by atoms with E-state index in [1.807, 2.05) is 0 Å². The Morgan fingerprint density at radius 2 is 1.73 bits per heavy atom. The van der Waals surface area contributed by atoms with E-state index in [2.05, 4.69) is 5.32 Å². The number of carbonyl (C=O) groups is 1. The monoisotopic (exact) mass is 326 g/mol. The molecule has 0 fully saturated rings. The molecule has 0 spiro atoms. The van der Waals surface area contributed by atoms with Gasteiger partial charge in [0.1, 0.15) is 11.6 Å². The van der Waals surface area contributed by atoms with Crippen LogP contribution in [0.2, 0.25) is 0 Å². The molecule has 3 N–H and O–H groups in total. The third-order valence-corrected chi connectivity index (χ3v) is 3.49. The highest BCUT2D eigenvalue weighted by atomic mass is 32.2. The van der Waals surface area contributed by atoms with Gasteiger partial charge in [-0.15, -0.1) is 0 Å². The fourth-order valence-electron chi connectivity index (χ4n) is 1.79. The van der Waals surface area contributed by atoms with Crippen molar-refractivity contribution in [3.63, 3.8) is 0 Å². The third-order valence-electron chi connectivity index (χ3n) is 2.75. The molecule has 22 heavy (non-hydrogen) atoms. The van der Waals surface area contributed by atoms with Gasteiger partial charge in [-0.25, -0.2) is 22.3 Å². The van der Waals surface area contributed by atoms with E-state index in [1.165, 1.54) is 24.3 Å². The summed E-state index contributed by atoms with van der Waals surface area (Å²) >= 11 is 0. The summed E-state index contributed by atoms with van der Waals surface area (Å²) in [6.45, 7) is 0. The van der Waals surface area contributed by atoms with E-state index in [0.29, 0.717) is 11.3 Å². The van der Waals surface area contributed by atoms with Crippen LogP contribution in [0.5, 0.6) is 0 Å². The van der Waals surface area contributed by atoms with Gasteiger partial charge in [0.25, 0.3) is 5.91 Å². The van der Waals surface area contributed by atoms with Crippen molar-refractivity contribution in [2.45, 2.75) is 5.75 Å². The van der Waals surface area contributed by atoms with Crippen LogP contribution in [0, 0.1) is 11.6 Å². The first-order chi connectivity index (χ1) is 10.2. The average Bonchev–Trinajstić information content (AvgIpc) is 2.42. The minimum Gasteiger partial charge on any atom is -0.322 e.